The van der Waals surface area contributed by atoms with Gasteiger partial charge in [-0.05, 0) is 38.6 Å². The van der Waals surface area contributed by atoms with Crippen LogP contribution in [0.4, 0.5) is 4.48 Å². The Morgan fingerprint density at radius 2 is 1.96 bits per heavy atom. The number of rotatable bonds is 1. The van der Waals surface area contributed by atoms with Gasteiger partial charge in [0.05, 0.1) is 17.2 Å². The van der Waals surface area contributed by atoms with E-state index in [0.29, 0.717) is 6.42 Å². The molecule has 2 saturated heterocycles. The smallest absolute Gasteiger partial charge is 0.0911 e. The van der Waals surface area contributed by atoms with E-state index < -0.39 is 0 Å². The van der Waals surface area contributed by atoms with Crippen molar-refractivity contribution < 1.29 is 4.48 Å². The maximum absolute atomic E-state index is 15.0. The zero-order chi connectivity index (χ0) is 18.3. The maximum Gasteiger partial charge on any atom is 0.0911 e. The normalized spacial score (nSPS) is 31.6. The summed E-state index contributed by atoms with van der Waals surface area (Å²) in [6, 6.07) is 2.17. The number of nitrogens with zero attached hydrogens (tertiary/aromatic N) is 5. The summed E-state index contributed by atoms with van der Waals surface area (Å²) in [5.41, 5.74) is 3.94. The van der Waals surface area contributed by atoms with Gasteiger partial charge in [-0.2, -0.15) is 10.4 Å². The van der Waals surface area contributed by atoms with Crippen LogP contribution in [0.3, 0.4) is 0 Å². The van der Waals surface area contributed by atoms with E-state index in [-0.39, 0.29) is 5.41 Å². The van der Waals surface area contributed by atoms with Crippen molar-refractivity contribution in [1.82, 2.24) is 19.8 Å². The molecule has 3 aliphatic heterocycles. The van der Waals surface area contributed by atoms with Crippen molar-refractivity contribution in [3.05, 3.63) is 47.0 Å². The number of likely N-dealkylation sites (tertiary alicyclic amines) is 1. The molecule has 1 spiro atoms. The summed E-state index contributed by atoms with van der Waals surface area (Å²) in [5, 5.41) is 9.92. The van der Waals surface area contributed by atoms with Gasteiger partial charge in [-0.15, -0.1) is 0 Å². The Balaban J connectivity index is 1.82. The van der Waals surface area contributed by atoms with Crippen LogP contribution in [-0.2, 0) is 0 Å². The predicted octanol–water partition coefficient (Wildman–Crippen LogP) is 2.26. The zero-order valence-corrected chi connectivity index (χ0v) is 15.6. The summed E-state index contributed by atoms with van der Waals surface area (Å²) in [7, 11) is 4.25. The molecule has 0 saturated carbocycles. The predicted molar refractivity (Wildman–Crippen MR) is 99.1 cm³/mol. The molecule has 0 aromatic rings. The minimum atomic E-state index is -0.368. The molecule has 2 fully saturated rings. The Morgan fingerprint density at radius 3 is 2.69 bits per heavy atom. The lowest BCUT2D eigenvalue weighted by Gasteiger charge is -2.40. The molecule has 1 aliphatic carbocycles. The van der Waals surface area contributed by atoms with Gasteiger partial charge in [-0.25, -0.2) is 0 Å². The average Bonchev–Trinajstić information content (AvgIpc) is 2.87. The summed E-state index contributed by atoms with van der Waals surface area (Å²) in [5.74, 6) is 0. The monoisotopic (exact) mass is 355 g/mol. The third kappa shape index (κ3) is 2.76. The van der Waals surface area contributed by atoms with Crippen LogP contribution < -0.4 is 0 Å². The number of hydrogen-bond donors (Lipinski definition) is 0. The van der Waals surface area contributed by atoms with Crippen LogP contribution in [0.2, 0.25) is 0 Å². The Bertz CT molecular complexity index is 751. The SMILES string of the molecule is CN1CCN(C2=C3CN(C)CC34C/C(=C\C#N)CC=C4N(F)C=C2)CC1. The molecule has 4 aliphatic rings. The van der Waals surface area contributed by atoms with E-state index in [9.17, 15) is 4.48 Å². The Labute approximate surface area is 154 Å². The lowest BCUT2D eigenvalue weighted by molar-refractivity contribution is 0.0980. The Morgan fingerprint density at radius 1 is 1.19 bits per heavy atom. The molecule has 4 rings (SSSR count). The van der Waals surface area contributed by atoms with Crippen LogP contribution in [0.25, 0.3) is 0 Å². The summed E-state index contributed by atoms with van der Waals surface area (Å²) >= 11 is 0. The second-order valence-electron chi connectivity index (χ2n) is 7.94. The molecule has 0 radical (unpaired) electrons. The zero-order valence-electron chi connectivity index (χ0n) is 15.6. The molecule has 138 valence electrons. The number of nitriles is 1. The fourth-order valence-electron chi connectivity index (χ4n) is 4.88. The summed E-state index contributed by atoms with van der Waals surface area (Å²) in [4.78, 5) is 7.02. The first-order chi connectivity index (χ1) is 12.5. The van der Waals surface area contributed by atoms with Crippen molar-refractivity contribution in [2.24, 2.45) is 5.41 Å². The average molecular weight is 355 g/mol. The Kier molecular flexibility index (Phi) is 4.37. The highest BCUT2D eigenvalue weighted by molar-refractivity contribution is 5.47. The van der Waals surface area contributed by atoms with Gasteiger partial charge < -0.3 is 14.7 Å². The van der Waals surface area contributed by atoms with Gasteiger partial charge in [0, 0.05) is 57.2 Å². The van der Waals surface area contributed by atoms with Crippen molar-refractivity contribution in [3.8, 4) is 6.07 Å². The highest BCUT2D eigenvalue weighted by atomic mass is 19.2. The van der Waals surface area contributed by atoms with E-state index in [2.05, 4.69) is 34.9 Å². The van der Waals surface area contributed by atoms with Crippen LogP contribution in [0.1, 0.15) is 12.8 Å². The number of halogens is 1. The second-order valence-corrected chi connectivity index (χ2v) is 7.94. The van der Waals surface area contributed by atoms with E-state index in [1.54, 1.807) is 12.3 Å². The molecule has 0 aromatic carbocycles. The fraction of sp³-hybridized carbons (Fsp3) is 0.550. The minimum Gasteiger partial charge on any atom is -0.369 e. The molecule has 6 heteroatoms. The Hall–Kier alpha value is -2.10. The lowest BCUT2D eigenvalue weighted by Crippen LogP contribution is -2.44. The number of piperazine rings is 1. The van der Waals surface area contributed by atoms with E-state index in [1.165, 1.54) is 11.3 Å². The van der Waals surface area contributed by atoms with Crippen LogP contribution in [0, 0.1) is 16.7 Å². The molecule has 0 bridgehead atoms. The molecular formula is C20H26FN5. The molecule has 1 atom stereocenters. The first-order valence-corrected chi connectivity index (χ1v) is 9.30. The third-order valence-corrected chi connectivity index (χ3v) is 6.14. The highest BCUT2D eigenvalue weighted by Crippen LogP contribution is 2.53. The second kappa shape index (κ2) is 6.57. The van der Waals surface area contributed by atoms with Crippen molar-refractivity contribution in [1.29, 1.82) is 5.26 Å². The van der Waals surface area contributed by atoms with Crippen molar-refractivity contribution in [2.75, 3.05) is 53.4 Å². The molecule has 0 aromatic heterocycles. The standard InChI is InChI=1S/C20H26FN5/c1-23-9-11-25(12-10-23)18-6-8-26(21)19-4-3-16(5-7-22)13-20(19)15-24(2)14-17(18)20/h4-6,8H,3,9-15H2,1-2H3/b16-5-. The van der Waals surface area contributed by atoms with E-state index >= 15 is 0 Å². The number of hydrogen-bond acceptors (Lipinski definition) is 5. The van der Waals surface area contributed by atoms with Crippen molar-refractivity contribution in [2.45, 2.75) is 12.8 Å². The van der Waals surface area contributed by atoms with E-state index in [0.717, 1.165) is 62.1 Å². The first-order valence-electron chi connectivity index (χ1n) is 9.30. The maximum atomic E-state index is 15.0. The van der Waals surface area contributed by atoms with Gasteiger partial charge >= 0.3 is 0 Å². The summed E-state index contributed by atoms with van der Waals surface area (Å²) in [6.45, 7) is 5.61. The van der Waals surface area contributed by atoms with Gasteiger partial charge in [0.1, 0.15) is 0 Å². The largest absolute Gasteiger partial charge is 0.369 e. The molecular weight excluding hydrogens is 329 g/mol. The van der Waals surface area contributed by atoms with Gasteiger partial charge in [0.15, 0.2) is 0 Å². The summed E-state index contributed by atoms with van der Waals surface area (Å²) < 4.78 is 15.0. The van der Waals surface area contributed by atoms with Gasteiger partial charge in [0.25, 0.3) is 0 Å². The molecule has 3 heterocycles. The van der Waals surface area contributed by atoms with E-state index in [4.69, 9.17) is 5.26 Å². The first kappa shape index (κ1) is 17.3. The van der Waals surface area contributed by atoms with Crippen molar-refractivity contribution >= 4 is 0 Å². The third-order valence-electron chi connectivity index (χ3n) is 6.14. The van der Waals surface area contributed by atoms with Crippen LogP contribution >= 0.6 is 0 Å². The van der Waals surface area contributed by atoms with Gasteiger partial charge in [-0.3, -0.25) is 0 Å². The van der Waals surface area contributed by atoms with Crippen molar-refractivity contribution in [3.63, 3.8) is 0 Å². The van der Waals surface area contributed by atoms with Crippen LogP contribution in [0.15, 0.2) is 47.0 Å². The topological polar surface area (TPSA) is 36.8 Å². The van der Waals surface area contributed by atoms with E-state index in [1.807, 2.05) is 12.2 Å². The number of likely N-dealkylation sites (N-methyl/N-ethyl adjacent to an activating group) is 2. The molecule has 5 nitrogen and oxygen atoms in total. The molecule has 0 N–H and O–H groups in total. The minimum absolute atomic E-state index is 0.368. The number of allylic oxidation sites excluding steroid dienone is 4. The lowest BCUT2D eigenvalue weighted by atomic mass is 9.70. The fourth-order valence-corrected chi connectivity index (χ4v) is 4.88. The summed E-state index contributed by atoms with van der Waals surface area (Å²) in [6.07, 6.45) is 8.53. The molecule has 1 unspecified atom stereocenters. The van der Waals surface area contributed by atoms with Crippen LogP contribution in [-0.4, -0.2) is 73.2 Å². The van der Waals surface area contributed by atoms with Crippen LogP contribution in [0.5, 0.6) is 0 Å². The molecule has 26 heavy (non-hydrogen) atoms. The van der Waals surface area contributed by atoms with Gasteiger partial charge in [0.2, 0.25) is 0 Å². The van der Waals surface area contributed by atoms with Gasteiger partial charge in [-0.1, -0.05) is 16.1 Å². The quantitative estimate of drug-likeness (QED) is 0.533. The highest BCUT2D eigenvalue weighted by Gasteiger charge is 2.50. The molecule has 0 amide bonds.